The highest BCUT2D eigenvalue weighted by Crippen LogP contribution is 2.23. The second-order valence-electron chi connectivity index (χ2n) is 4.66. The van der Waals surface area contributed by atoms with Crippen molar-refractivity contribution in [2.45, 2.75) is 19.6 Å². The lowest BCUT2D eigenvalue weighted by Crippen LogP contribution is -2.15. The van der Waals surface area contributed by atoms with Gasteiger partial charge in [0.2, 0.25) is 0 Å². The predicted molar refractivity (Wildman–Crippen MR) is 70.2 cm³/mol. The van der Waals surface area contributed by atoms with Gasteiger partial charge >= 0.3 is 0 Å². The minimum atomic E-state index is 0.832. The number of nitrogens with two attached hydrogens (primary N) is 1. The van der Waals surface area contributed by atoms with E-state index in [0.717, 1.165) is 25.3 Å². The molecule has 0 atom stereocenters. The van der Waals surface area contributed by atoms with Crippen LogP contribution in [0.4, 0.5) is 5.69 Å². The van der Waals surface area contributed by atoms with Crippen LogP contribution in [0.15, 0.2) is 48.5 Å². The summed E-state index contributed by atoms with van der Waals surface area (Å²) >= 11 is 0. The third kappa shape index (κ3) is 2.17. The zero-order chi connectivity index (χ0) is 11.7. The molecule has 0 unspecified atom stereocenters. The minimum Gasteiger partial charge on any atom is -0.399 e. The molecular weight excluding hydrogens is 208 g/mol. The number of hydrogen-bond acceptors (Lipinski definition) is 2. The first kappa shape index (κ1) is 10.4. The van der Waals surface area contributed by atoms with Gasteiger partial charge in [0.1, 0.15) is 0 Å². The van der Waals surface area contributed by atoms with Crippen molar-refractivity contribution < 1.29 is 0 Å². The van der Waals surface area contributed by atoms with Crippen LogP contribution in [0.2, 0.25) is 0 Å². The standard InChI is InChI=1S/C15H16N2/c16-15-7-5-12(6-8-15)9-17-10-13-3-1-2-4-14(13)11-17/h1-8H,9-11,16H2. The minimum absolute atomic E-state index is 0.832. The summed E-state index contributed by atoms with van der Waals surface area (Å²) in [4.78, 5) is 2.45. The zero-order valence-electron chi connectivity index (χ0n) is 9.76. The van der Waals surface area contributed by atoms with E-state index >= 15 is 0 Å². The quantitative estimate of drug-likeness (QED) is 0.795. The molecule has 2 heteroatoms. The highest BCUT2D eigenvalue weighted by molar-refractivity contribution is 5.39. The summed E-state index contributed by atoms with van der Waals surface area (Å²) < 4.78 is 0. The summed E-state index contributed by atoms with van der Waals surface area (Å²) in [6.07, 6.45) is 0. The Labute approximate surface area is 102 Å². The van der Waals surface area contributed by atoms with Gasteiger partial charge in [-0.15, -0.1) is 0 Å². The van der Waals surface area contributed by atoms with Crippen molar-refractivity contribution in [3.05, 3.63) is 65.2 Å². The molecule has 0 bridgehead atoms. The molecule has 1 aliphatic heterocycles. The van der Waals surface area contributed by atoms with Crippen molar-refractivity contribution in [1.29, 1.82) is 0 Å². The topological polar surface area (TPSA) is 29.3 Å². The Morgan fingerprint density at radius 1 is 0.882 bits per heavy atom. The summed E-state index contributed by atoms with van der Waals surface area (Å²) in [7, 11) is 0. The number of benzene rings is 2. The van der Waals surface area contributed by atoms with Gasteiger partial charge in [-0.05, 0) is 28.8 Å². The second-order valence-corrected chi connectivity index (χ2v) is 4.66. The molecule has 0 aromatic heterocycles. The summed E-state index contributed by atoms with van der Waals surface area (Å²) in [6, 6.07) is 16.8. The van der Waals surface area contributed by atoms with Crippen LogP contribution >= 0.6 is 0 Å². The molecule has 2 nitrogen and oxygen atoms in total. The molecule has 0 aliphatic carbocycles. The molecule has 0 radical (unpaired) electrons. The molecule has 1 heterocycles. The highest BCUT2D eigenvalue weighted by atomic mass is 15.1. The monoisotopic (exact) mass is 224 g/mol. The van der Waals surface area contributed by atoms with Gasteiger partial charge in [0.05, 0.1) is 0 Å². The Bertz CT molecular complexity index is 492. The first-order valence-corrected chi connectivity index (χ1v) is 5.95. The normalized spacial score (nSPS) is 14.8. The van der Waals surface area contributed by atoms with E-state index in [1.54, 1.807) is 0 Å². The number of nitrogen functional groups attached to an aromatic ring is 1. The van der Waals surface area contributed by atoms with Gasteiger partial charge < -0.3 is 5.73 Å². The fraction of sp³-hybridized carbons (Fsp3) is 0.200. The lowest BCUT2D eigenvalue weighted by atomic mass is 10.1. The number of rotatable bonds is 2. The maximum atomic E-state index is 5.69. The lowest BCUT2D eigenvalue weighted by molar-refractivity contribution is 0.275. The summed E-state index contributed by atoms with van der Waals surface area (Å²) in [6.45, 7) is 3.11. The Kier molecular flexibility index (Phi) is 2.57. The highest BCUT2D eigenvalue weighted by Gasteiger charge is 2.17. The van der Waals surface area contributed by atoms with Gasteiger partial charge in [0.25, 0.3) is 0 Å². The van der Waals surface area contributed by atoms with E-state index in [1.165, 1.54) is 16.7 Å². The molecule has 2 N–H and O–H groups in total. The molecule has 0 saturated carbocycles. The first-order chi connectivity index (χ1) is 8.31. The van der Waals surface area contributed by atoms with Gasteiger partial charge in [0, 0.05) is 25.3 Å². The maximum absolute atomic E-state index is 5.69. The fourth-order valence-electron chi connectivity index (χ4n) is 2.40. The average Bonchev–Trinajstić information content (AvgIpc) is 2.74. The van der Waals surface area contributed by atoms with Crippen LogP contribution in [-0.2, 0) is 19.6 Å². The van der Waals surface area contributed by atoms with E-state index < -0.39 is 0 Å². The number of nitrogens with zero attached hydrogens (tertiary/aromatic N) is 1. The Morgan fingerprint density at radius 3 is 2.06 bits per heavy atom. The molecule has 1 aliphatic rings. The van der Waals surface area contributed by atoms with E-state index in [4.69, 9.17) is 5.73 Å². The molecule has 0 spiro atoms. The Hall–Kier alpha value is -1.80. The van der Waals surface area contributed by atoms with Crippen LogP contribution in [0, 0.1) is 0 Å². The maximum Gasteiger partial charge on any atom is 0.0314 e. The molecule has 0 amide bonds. The van der Waals surface area contributed by atoms with E-state index in [2.05, 4.69) is 41.3 Å². The van der Waals surface area contributed by atoms with Gasteiger partial charge in [-0.2, -0.15) is 0 Å². The first-order valence-electron chi connectivity index (χ1n) is 5.95. The molecule has 0 saturated heterocycles. The molecule has 86 valence electrons. The molecule has 17 heavy (non-hydrogen) atoms. The van der Waals surface area contributed by atoms with Crippen molar-refractivity contribution in [2.24, 2.45) is 0 Å². The summed E-state index contributed by atoms with van der Waals surface area (Å²) in [5.41, 5.74) is 10.8. The predicted octanol–water partition coefficient (Wildman–Crippen LogP) is 2.78. The van der Waals surface area contributed by atoms with Gasteiger partial charge in [-0.25, -0.2) is 0 Å². The zero-order valence-corrected chi connectivity index (χ0v) is 9.76. The molecular formula is C15H16N2. The average molecular weight is 224 g/mol. The van der Waals surface area contributed by atoms with E-state index in [0.29, 0.717) is 0 Å². The third-order valence-electron chi connectivity index (χ3n) is 3.29. The van der Waals surface area contributed by atoms with Crippen molar-refractivity contribution >= 4 is 5.69 Å². The molecule has 3 rings (SSSR count). The number of hydrogen-bond donors (Lipinski definition) is 1. The van der Waals surface area contributed by atoms with Crippen LogP contribution in [0.25, 0.3) is 0 Å². The van der Waals surface area contributed by atoms with Gasteiger partial charge in [0.15, 0.2) is 0 Å². The smallest absolute Gasteiger partial charge is 0.0314 e. The largest absolute Gasteiger partial charge is 0.399 e. The van der Waals surface area contributed by atoms with E-state index in [1.807, 2.05) is 12.1 Å². The second kappa shape index (κ2) is 4.22. The molecule has 0 fully saturated rings. The van der Waals surface area contributed by atoms with Crippen LogP contribution in [-0.4, -0.2) is 4.90 Å². The van der Waals surface area contributed by atoms with Crippen LogP contribution in [0.5, 0.6) is 0 Å². The number of fused-ring (bicyclic) bond motifs is 1. The SMILES string of the molecule is Nc1ccc(CN2Cc3ccccc3C2)cc1. The van der Waals surface area contributed by atoms with E-state index in [-0.39, 0.29) is 0 Å². The van der Waals surface area contributed by atoms with E-state index in [9.17, 15) is 0 Å². The van der Waals surface area contributed by atoms with Crippen molar-refractivity contribution in [1.82, 2.24) is 4.90 Å². The van der Waals surface area contributed by atoms with Crippen LogP contribution in [0.3, 0.4) is 0 Å². The van der Waals surface area contributed by atoms with Crippen molar-refractivity contribution in [2.75, 3.05) is 5.73 Å². The van der Waals surface area contributed by atoms with Crippen molar-refractivity contribution in [3.63, 3.8) is 0 Å². The van der Waals surface area contributed by atoms with Gasteiger partial charge in [-0.1, -0.05) is 36.4 Å². The Balaban J connectivity index is 1.71. The molecule has 2 aromatic rings. The number of anilines is 1. The van der Waals surface area contributed by atoms with Crippen LogP contribution in [0.1, 0.15) is 16.7 Å². The molecule has 2 aromatic carbocycles. The summed E-state index contributed by atoms with van der Waals surface area (Å²) in [5.74, 6) is 0. The van der Waals surface area contributed by atoms with Crippen molar-refractivity contribution in [3.8, 4) is 0 Å². The Morgan fingerprint density at radius 2 is 1.47 bits per heavy atom. The lowest BCUT2D eigenvalue weighted by Gasteiger charge is -2.14. The summed E-state index contributed by atoms with van der Waals surface area (Å²) in [5, 5.41) is 0. The third-order valence-corrected chi connectivity index (χ3v) is 3.29. The van der Waals surface area contributed by atoms with Gasteiger partial charge in [-0.3, -0.25) is 4.90 Å². The fourth-order valence-corrected chi connectivity index (χ4v) is 2.40. The van der Waals surface area contributed by atoms with Crippen LogP contribution < -0.4 is 5.73 Å².